The topological polar surface area (TPSA) is 54.9 Å². The average molecular weight is 404 g/mol. The van der Waals surface area contributed by atoms with Gasteiger partial charge in [-0.2, -0.15) is 0 Å². The van der Waals surface area contributed by atoms with Crippen LogP contribution in [0.2, 0.25) is 10.0 Å². The molecule has 0 aliphatic carbocycles. The first-order chi connectivity index (χ1) is 12.5. The highest BCUT2D eigenvalue weighted by Gasteiger charge is 2.09. The Hall–Kier alpha value is -2.08. The summed E-state index contributed by atoms with van der Waals surface area (Å²) in [5, 5.41) is 12.9. The van der Waals surface area contributed by atoms with Crippen LogP contribution in [0.3, 0.4) is 0 Å². The molecular weight excluding hydrogens is 389 g/mol. The van der Waals surface area contributed by atoms with E-state index in [0.29, 0.717) is 26.5 Å². The number of hydrogen-bond acceptors (Lipinski definition) is 4. The minimum absolute atomic E-state index is 0.155. The van der Waals surface area contributed by atoms with Crippen molar-refractivity contribution in [1.29, 1.82) is 0 Å². The number of rotatable bonds is 5. The number of benzene rings is 2. The van der Waals surface area contributed by atoms with Crippen molar-refractivity contribution in [3.8, 4) is 11.3 Å². The van der Waals surface area contributed by atoms with E-state index in [1.54, 1.807) is 6.07 Å². The van der Waals surface area contributed by atoms with Crippen molar-refractivity contribution < 1.29 is 4.79 Å². The van der Waals surface area contributed by atoms with Crippen LogP contribution in [-0.4, -0.2) is 21.9 Å². The average Bonchev–Trinajstić information content (AvgIpc) is 2.63. The number of aromatic nitrogens is 2. The lowest BCUT2D eigenvalue weighted by Gasteiger charge is -2.08. The van der Waals surface area contributed by atoms with Gasteiger partial charge in [-0.15, -0.1) is 10.2 Å². The summed E-state index contributed by atoms with van der Waals surface area (Å²) in [6, 6.07) is 16.6. The Labute approximate surface area is 165 Å². The molecule has 0 saturated carbocycles. The van der Waals surface area contributed by atoms with Crippen molar-refractivity contribution in [2.24, 2.45) is 0 Å². The predicted octanol–water partition coefficient (Wildman–Crippen LogP) is 5.49. The fourth-order valence-electron chi connectivity index (χ4n) is 2.26. The second kappa shape index (κ2) is 8.54. The zero-order valence-electron chi connectivity index (χ0n) is 13.9. The van der Waals surface area contributed by atoms with Gasteiger partial charge in [0.15, 0.2) is 0 Å². The van der Waals surface area contributed by atoms with Crippen molar-refractivity contribution in [3.05, 3.63) is 70.2 Å². The third-order valence-electron chi connectivity index (χ3n) is 3.54. The highest BCUT2D eigenvalue weighted by atomic mass is 35.5. The number of halogens is 2. The van der Waals surface area contributed by atoms with E-state index < -0.39 is 0 Å². The summed E-state index contributed by atoms with van der Waals surface area (Å²) in [5.74, 6) is 0.0577. The summed E-state index contributed by atoms with van der Waals surface area (Å²) in [5.41, 5.74) is 3.15. The molecule has 3 rings (SSSR count). The van der Waals surface area contributed by atoms with Gasteiger partial charge in [0.2, 0.25) is 5.91 Å². The third-order valence-corrected chi connectivity index (χ3v) is 5.10. The van der Waals surface area contributed by atoms with E-state index in [-0.39, 0.29) is 11.7 Å². The van der Waals surface area contributed by atoms with Gasteiger partial charge in [-0.3, -0.25) is 4.79 Å². The van der Waals surface area contributed by atoms with E-state index in [0.717, 1.165) is 11.1 Å². The van der Waals surface area contributed by atoms with Crippen LogP contribution in [0.4, 0.5) is 5.69 Å². The van der Waals surface area contributed by atoms with Crippen molar-refractivity contribution in [2.75, 3.05) is 11.1 Å². The highest BCUT2D eigenvalue weighted by molar-refractivity contribution is 7.99. The third kappa shape index (κ3) is 4.75. The molecule has 26 heavy (non-hydrogen) atoms. The van der Waals surface area contributed by atoms with Crippen LogP contribution < -0.4 is 5.32 Å². The monoisotopic (exact) mass is 403 g/mol. The van der Waals surface area contributed by atoms with E-state index >= 15 is 0 Å². The lowest BCUT2D eigenvalue weighted by molar-refractivity contribution is -0.113. The minimum atomic E-state index is -0.155. The second-order valence-corrected chi connectivity index (χ2v) is 7.37. The molecule has 1 amide bonds. The number of anilines is 1. The summed E-state index contributed by atoms with van der Waals surface area (Å²) in [6.45, 7) is 1.94. The Morgan fingerprint density at radius 2 is 1.85 bits per heavy atom. The van der Waals surface area contributed by atoms with Gasteiger partial charge in [-0.05, 0) is 42.8 Å². The molecule has 132 valence electrons. The summed E-state index contributed by atoms with van der Waals surface area (Å²) >= 11 is 13.6. The molecule has 0 bridgehead atoms. The van der Waals surface area contributed by atoms with Crippen molar-refractivity contribution in [3.63, 3.8) is 0 Å². The van der Waals surface area contributed by atoms with Crippen LogP contribution in [0.25, 0.3) is 11.3 Å². The van der Waals surface area contributed by atoms with E-state index in [4.69, 9.17) is 23.2 Å². The predicted molar refractivity (Wildman–Crippen MR) is 108 cm³/mol. The van der Waals surface area contributed by atoms with Crippen LogP contribution >= 0.6 is 35.0 Å². The molecule has 0 aliphatic heterocycles. The van der Waals surface area contributed by atoms with E-state index in [1.165, 1.54) is 11.8 Å². The molecule has 1 N–H and O–H groups in total. The lowest BCUT2D eigenvalue weighted by Crippen LogP contribution is -2.14. The standard InChI is InChI=1S/C19H15Cl2N3OS/c1-12-6-7-17(15(21)10-12)22-18(25)11-26-19-9-8-16(23-24-19)13-4-2-3-5-14(13)20/h2-10H,11H2,1H3,(H,22,25). The number of thioether (sulfide) groups is 1. The van der Waals surface area contributed by atoms with Crippen LogP contribution in [0.5, 0.6) is 0 Å². The largest absolute Gasteiger partial charge is 0.324 e. The first-order valence-electron chi connectivity index (χ1n) is 7.80. The number of aryl methyl sites for hydroxylation is 1. The fourth-order valence-corrected chi connectivity index (χ4v) is 3.39. The van der Waals surface area contributed by atoms with E-state index in [9.17, 15) is 4.79 Å². The molecule has 0 aliphatic rings. The Morgan fingerprint density at radius 3 is 2.54 bits per heavy atom. The number of amides is 1. The maximum atomic E-state index is 12.1. The smallest absolute Gasteiger partial charge is 0.234 e. The molecule has 0 atom stereocenters. The van der Waals surface area contributed by atoms with E-state index in [2.05, 4.69) is 15.5 Å². The van der Waals surface area contributed by atoms with Gasteiger partial charge in [0.1, 0.15) is 5.03 Å². The fraction of sp³-hybridized carbons (Fsp3) is 0.105. The molecule has 7 heteroatoms. The first-order valence-corrected chi connectivity index (χ1v) is 9.54. The van der Waals surface area contributed by atoms with Gasteiger partial charge in [-0.1, -0.05) is 59.2 Å². The van der Waals surface area contributed by atoms with Crippen molar-refractivity contribution in [2.45, 2.75) is 11.9 Å². The zero-order chi connectivity index (χ0) is 18.5. The molecule has 0 saturated heterocycles. The van der Waals surface area contributed by atoms with Crippen molar-refractivity contribution in [1.82, 2.24) is 10.2 Å². The number of carbonyl (C=O) groups is 1. The molecule has 0 spiro atoms. The number of carbonyl (C=O) groups excluding carboxylic acids is 1. The minimum Gasteiger partial charge on any atom is -0.324 e. The van der Waals surface area contributed by atoms with Gasteiger partial charge < -0.3 is 5.32 Å². The van der Waals surface area contributed by atoms with E-state index in [1.807, 2.05) is 55.5 Å². The maximum absolute atomic E-state index is 12.1. The molecule has 3 aromatic rings. The molecule has 0 radical (unpaired) electrons. The molecular formula is C19H15Cl2N3OS. The quantitative estimate of drug-likeness (QED) is 0.572. The molecule has 1 heterocycles. The Kier molecular flexibility index (Phi) is 6.14. The van der Waals surface area contributed by atoms with Gasteiger partial charge in [0.05, 0.1) is 27.2 Å². The summed E-state index contributed by atoms with van der Waals surface area (Å²) in [6.07, 6.45) is 0. The van der Waals surface area contributed by atoms with Gasteiger partial charge >= 0.3 is 0 Å². The molecule has 4 nitrogen and oxygen atoms in total. The highest BCUT2D eigenvalue weighted by Crippen LogP contribution is 2.27. The number of nitrogens with zero attached hydrogens (tertiary/aromatic N) is 2. The van der Waals surface area contributed by atoms with Gasteiger partial charge in [0, 0.05) is 5.56 Å². The SMILES string of the molecule is Cc1ccc(NC(=O)CSc2ccc(-c3ccccc3Cl)nn2)c(Cl)c1. The van der Waals surface area contributed by atoms with Crippen LogP contribution in [-0.2, 0) is 4.79 Å². The zero-order valence-corrected chi connectivity index (χ0v) is 16.2. The number of hydrogen-bond donors (Lipinski definition) is 1. The molecule has 2 aromatic carbocycles. The Balaban J connectivity index is 1.59. The van der Waals surface area contributed by atoms with Crippen LogP contribution in [0.15, 0.2) is 59.6 Å². The Bertz CT molecular complexity index is 932. The lowest BCUT2D eigenvalue weighted by atomic mass is 10.1. The van der Waals surface area contributed by atoms with Gasteiger partial charge in [-0.25, -0.2) is 0 Å². The molecule has 0 unspecified atom stereocenters. The molecule has 0 fully saturated rings. The summed E-state index contributed by atoms with van der Waals surface area (Å²) in [4.78, 5) is 12.1. The summed E-state index contributed by atoms with van der Waals surface area (Å²) in [7, 11) is 0. The van der Waals surface area contributed by atoms with Crippen LogP contribution in [0, 0.1) is 6.92 Å². The van der Waals surface area contributed by atoms with Crippen molar-refractivity contribution >= 4 is 46.6 Å². The Morgan fingerprint density at radius 1 is 1.04 bits per heavy atom. The second-order valence-electron chi connectivity index (χ2n) is 5.56. The summed E-state index contributed by atoms with van der Waals surface area (Å²) < 4.78 is 0. The van der Waals surface area contributed by atoms with Gasteiger partial charge in [0.25, 0.3) is 0 Å². The number of nitrogens with one attached hydrogen (secondary N) is 1. The normalized spacial score (nSPS) is 10.6. The first kappa shape index (κ1) is 18.7. The molecule has 1 aromatic heterocycles. The van der Waals surface area contributed by atoms with Crippen LogP contribution in [0.1, 0.15) is 5.56 Å². The maximum Gasteiger partial charge on any atom is 0.234 e.